The summed E-state index contributed by atoms with van der Waals surface area (Å²) in [6.45, 7) is 1.31. The Kier molecular flexibility index (Phi) is 5.41. The van der Waals surface area contributed by atoms with Crippen LogP contribution < -0.4 is 9.47 Å². The van der Waals surface area contributed by atoms with Crippen molar-refractivity contribution in [3.63, 3.8) is 0 Å². The van der Waals surface area contributed by atoms with Gasteiger partial charge in [0.15, 0.2) is 17.3 Å². The van der Waals surface area contributed by atoms with Crippen molar-refractivity contribution in [3.05, 3.63) is 58.6 Å². The van der Waals surface area contributed by atoms with Gasteiger partial charge < -0.3 is 9.47 Å². The van der Waals surface area contributed by atoms with Gasteiger partial charge in [0.2, 0.25) is 4.77 Å². The van der Waals surface area contributed by atoms with E-state index in [0.29, 0.717) is 28.5 Å². The van der Waals surface area contributed by atoms with Crippen LogP contribution in [-0.2, 0) is 4.79 Å². The van der Waals surface area contributed by atoms with E-state index in [0.717, 1.165) is 0 Å². The maximum absolute atomic E-state index is 13.5. The molecular formula is C18H15FN4O3S. The number of nitrogens with one attached hydrogen (secondary N) is 1. The first-order valence-electron chi connectivity index (χ1n) is 7.82. The van der Waals surface area contributed by atoms with E-state index >= 15 is 0 Å². The molecule has 3 aromatic rings. The molecule has 0 unspecified atom stereocenters. The molecule has 9 heteroatoms. The van der Waals surface area contributed by atoms with Crippen LogP contribution in [0.15, 0.2) is 47.6 Å². The summed E-state index contributed by atoms with van der Waals surface area (Å²) in [7, 11) is 1.47. The van der Waals surface area contributed by atoms with Crippen molar-refractivity contribution < 1.29 is 18.7 Å². The van der Waals surface area contributed by atoms with Crippen molar-refractivity contribution in [1.82, 2.24) is 14.9 Å². The van der Waals surface area contributed by atoms with Crippen molar-refractivity contribution in [3.8, 4) is 22.9 Å². The zero-order chi connectivity index (χ0) is 19.4. The van der Waals surface area contributed by atoms with E-state index in [-0.39, 0.29) is 10.6 Å². The molecule has 0 atom stereocenters. The zero-order valence-electron chi connectivity index (χ0n) is 14.5. The molecular weight excluding hydrogens is 371 g/mol. The van der Waals surface area contributed by atoms with Gasteiger partial charge in [0.1, 0.15) is 5.82 Å². The number of hydrogen-bond acceptors (Lipinski definition) is 6. The average Bonchev–Trinajstić information content (AvgIpc) is 3.01. The Morgan fingerprint density at radius 3 is 2.81 bits per heavy atom. The molecule has 2 aromatic carbocycles. The fourth-order valence-corrected chi connectivity index (χ4v) is 2.52. The summed E-state index contributed by atoms with van der Waals surface area (Å²) in [5.41, 5.74) is 1.21. The fourth-order valence-electron chi connectivity index (χ4n) is 2.34. The molecule has 0 radical (unpaired) electrons. The lowest BCUT2D eigenvalue weighted by atomic mass is 10.2. The molecule has 0 spiro atoms. The Morgan fingerprint density at radius 2 is 2.11 bits per heavy atom. The Labute approximate surface area is 159 Å². The number of aromatic amines is 1. The van der Waals surface area contributed by atoms with E-state index in [9.17, 15) is 9.18 Å². The summed E-state index contributed by atoms with van der Waals surface area (Å²) in [4.78, 5) is 11.1. The number of ether oxygens (including phenoxy) is 2. The predicted octanol–water partition coefficient (Wildman–Crippen LogP) is 3.56. The Hall–Kier alpha value is -3.33. The lowest BCUT2D eigenvalue weighted by Gasteiger charge is -2.08. The first-order valence-corrected chi connectivity index (χ1v) is 8.23. The molecule has 0 fully saturated rings. The third kappa shape index (κ3) is 4.26. The maximum Gasteiger partial charge on any atom is 0.308 e. The van der Waals surface area contributed by atoms with Crippen LogP contribution in [-0.4, -0.2) is 34.2 Å². The van der Waals surface area contributed by atoms with Crippen LogP contribution in [0, 0.1) is 10.6 Å². The average molecular weight is 386 g/mol. The number of nitrogens with zero attached hydrogens (tertiary/aromatic N) is 3. The molecule has 0 bridgehead atoms. The van der Waals surface area contributed by atoms with Gasteiger partial charge in [-0.2, -0.15) is 14.9 Å². The Bertz CT molecular complexity index is 1070. The van der Waals surface area contributed by atoms with E-state index in [1.807, 2.05) is 0 Å². The lowest BCUT2D eigenvalue weighted by Crippen LogP contribution is -2.03. The van der Waals surface area contributed by atoms with Crippen LogP contribution in [0.4, 0.5) is 4.39 Å². The third-order valence-electron chi connectivity index (χ3n) is 3.50. The molecule has 3 rings (SSSR count). The minimum Gasteiger partial charge on any atom is -0.493 e. The van der Waals surface area contributed by atoms with Crippen molar-refractivity contribution in [2.75, 3.05) is 7.11 Å². The third-order valence-corrected chi connectivity index (χ3v) is 3.76. The van der Waals surface area contributed by atoms with E-state index in [1.165, 1.54) is 37.1 Å². The topological polar surface area (TPSA) is 81.5 Å². The number of methoxy groups -OCH3 is 1. The second kappa shape index (κ2) is 7.92. The number of benzene rings is 2. The first-order chi connectivity index (χ1) is 13.0. The molecule has 0 aliphatic heterocycles. The highest BCUT2D eigenvalue weighted by Crippen LogP contribution is 2.27. The molecule has 27 heavy (non-hydrogen) atoms. The number of H-pyrrole nitrogens is 1. The Morgan fingerprint density at radius 1 is 1.30 bits per heavy atom. The van der Waals surface area contributed by atoms with Gasteiger partial charge in [-0.3, -0.25) is 4.79 Å². The maximum atomic E-state index is 13.5. The van der Waals surface area contributed by atoms with Gasteiger partial charge in [-0.15, -0.1) is 0 Å². The largest absolute Gasteiger partial charge is 0.493 e. The number of esters is 1. The predicted molar refractivity (Wildman–Crippen MR) is 100 cm³/mol. The molecule has 7 nitrogen and oxygen atoms in total. The Balaban J connectivity index is 1.94. The SMILES string of the molecule is COc1cc(/C=N\n2c(-c3cccc(F)c3)n[nH]c2=S)ccc1OC(C)=O. The quantitative estimate of drug-likeness (QED) is 0.314. The number of carbonyl (C=O) groups excluding carboxylic acids is 1. The molecule has 0 saturated carbocycles. The minimum absolute atomic E-state index is 0.258. The van der Waals surface area contributed by atoms with Gasteiger partial charge in [0, 0.05) is 12.5 Å². The molecule has 0 saturated heterocycles. The number of halogens is 1. The van der Waals surface area contributed by atoms with E-state index < -0.39 is 5.97 Å². The van der Waals surface area contributed by atoms with Crippen molar-refractivity contribution >= 4 is 24.4 Å². The van der Waals surface area contributed by atoms with Crippen LogP contribution in [0.2, 0.25) is 0 Å². The summed E-state index contributed by atoms with van der Waals surface area (Å²) in [5.74, 6) is 0.235. The number of carbonyl (C=O) groups is 1. The monoisotopic (exact) mass is 386 g/mol. The van der Waals surface area contributed by atoms with E-state index in [2.05, 4.69) is 15.3 Å². The second-order valence-corrected chi connectivity index (χ2v) is 5.81. The standard InChI is InChI=1S/C18H15FN4O3S/c1-11(24)26-15-7-6-12(8-16(15)25-2)10-20-23-17(21-22-18(23)27)13-4-3-5-14(19)9-13/h3-10H,1-2H3,(H,22,27)/b20-10-. The van der Waals surface area contributed by atoms with Crippen LogP contribution in [0.3, 0.4) is 0 Å². The van der Waals surface area contributed by atoms with Gasteiger partial charge in [0.05, 0.1) is 13.3 Å². The summed E-state index contributed by atoms with van der Waals surface area (Å²) >= 11 is 5.19. The number of rotatable bonds is 5. The summed E-state index contributed by atoms with van der Waals surface area (Å²) in [5, 5.41) is 11.1. The molecule has 1 N–H and O–H groups in total. The van der Waals surface area contributed by atoms with Gasteiger partial charge in [-0.25, -0.2) is 9.49 Å². The molecule has 0 amide bonds. The first kappa shape index (κ1) is 18.5. The zero-order valence-corrected chi connectivity index (χ0v) is 15.3. The summed E-state index contributed by atoms with van der Waals surface area (Å²) in [6, 6.07) is 10.9. The lowest BCUT2D eigenvalue weighted by molar-refractivity contribution is -0.132. The van der Waals surface area contributed by atoms with E-state index in [4.69, 9.17) is 21.7 Å². The molecule has 0 aliphatic rings. The summed E-state index contributed by atoms with van der Waals surface area (Å²) < 4.78 is 25.4. The highest BCUT2D eigenvalue weighted by Gasteiger charge is 2.10. The van der Waals surface area contributed by atoms with Crippen molar-refractivity contribution in [2.24, 2.45) is 5.10 Å². The highest BCUT2D eigenvalue weighted by molar-refractivity contribution is 7.71. The number of aromatic nitrogens is 3. The van der Waals surface area contributed by atoms with Gasteiger partial charge in [-0.1, -0.05) is 12.1 Å². The molecule has 138 valence electrons. The van der Waals surface area contributed by atoms with E-state index in [1.54, 1.807) is 30.3 Å². The molecule has 1 heterocycles. The summed E-state index contributed by atoms with van der Waals surface area (Å²) in [6.07, 6.45) is 1.54. The van der Waals surface area contributed by atoms with Crippen LogP contribution in [0.25, 0.3) is 11.4 Å². The van der Waals surface area contributed by atoms with Crippen LogP contribution >= 0.6 is 12.2 Å². The smallest absolute Gasteiger partial charge is 0.308 e. The number of hydrogen-bond donors (Lipinski definition) is 1. The van der Waals surface area contributed by atoms with Crippen LogP contribution in [0.1, 0.15) is 12.5 Å². The van der Waals surface area contributed by atoms with Crippen molar-refractivity contribution in [1.29, 1.82) is 0 Å². The molecule has 1 aromatic heterocycles. The second-order valence-electron chi connectivity index (χ2n) is 5.42. The molecule has 0 aliphatic carbocycles. The van der Waals surface area contributed by atoms with Gasteiger partial charge >= 0.3 is 5.97 Å². The normalized spacial score (nSPS) is 10.9. The highest BCUT2D eigenvalue weighted by atomic mass is 32.1. The van der Waals surface area contributed by atoms with Crippen molar-refractivity contribution in [2.45, 2.75) is 6.92 Å². The van der Waals surface area contributed by atoms with Gasteiger partial charge in [0.25, 0.3) is 0 Å². The fraction of sp³-hybridized carbons (Fsp3) is 0.111. The van der Waals surface area contributed by atoms with Gasteiger partial charge in [-0.05, 0) is 48.1 Å². The minimum atomic E-state index is -0.445. The van der Waals surface area contributed by atoms with Crippen LogP contribution in [0.5, 0.6) is 11.5 Å².